The van der Waals surface area contributed by atoms with Crippen molar-refractivity contribution >= 4 is 28.6 Å². The van der Waals surface area contributed by atoms with E-state index in [1.807, 2.05) is 12.3 Å². The third-order valence-corrected chi connectivity index (χ3v) is 4.03. The first-order valence-electron chi connectivity index (χ1n) is 5.07. The molecule has 2 aromatic rings. The van der Waals surface area contributed by atoms with Gasteiger partial charge in [0.1, 0.15) is 12.4 Å². The van der Waals surface area contributed by atoms with Gasteiger partial charge in [0.2, 0.25) is 0 Å². The minimum Gasteiger partial charge on any atom is -0.485 e. The minimum absolute atomic E-state index is 0.232. The summed E-state index contributed by atoms with van der Waals surface area (Å²) >= 11 is 2.75. The van der Waals surface area contributed by atoms with Gasteiger partial charge in [-0.15, -0.1) is 22.7 Å². The van der Waals surface area contributed by atoms with Gasteiger partial charge in [0.05, 0.1) is 10.7 Å². The highest BCUT2D eigenvalue weighted by molar-refractivity contribution is 7.12. The van der Waals surface area contributed by atoms with Crippen molar-refractivity contribution < 1.29 is 14.6 Å². The predicted molar refractivity (Wildman–Crippen MR) is 67.1 cm³/mol. The normalized spacial score (nSPS) is 10.4. The zero-order valence-corrected chi connectivity index (χ0v) is 10.8. The van der Waals surface area contributed by atoms with Crippen LogP contribution in [0, 0.1) is 0 Å². The quantitative estimate of drug-likeness (QED) is 0.906. The Balaban J connectivity index is 2.02. The number of nitrogens with zero attached hydrogens (tertiary/aromatic N) is 1. The van der Waals surface area contributed by atoms with E-state index >= 15 is 0 Å². The first-order valence-corrected chi connectivity index (χ1v) is 6.83. The lowest BCUT2D eigenvalue weighted by Gasteiger charge is -2.02. The van der Waals surface area contributed by atoms with Gasteiger partial charge in [-0.05, 0) is 17.9 Å². The molecule has 1 N–H and O–H groups in total. The maximum atomic E-state index is 10.9. The Hall–Kier alpha value is -1.40. The Labute approximate surface area is 107 Å². The number of thiophene rings is 1. The van der Waals surface area contributed by atoms with Crippen LogP contribution in [0.4, 0.5) is 0 Å². The Morgan fingerprint density at radius 3 is 3.00 bits per heavy atom. The summed E-state index contributed by atoms with van der Waals surface area (Å²) in [6.45, 7) is 2.36. The largest absolute Gasteiger partial charge is 0.485 e. The molecule has 6 heteroatoms. The van der Waals surface area contributed by atoms with Gasteiger partial charge in [0, 0.05) is 5.38 Å². The summed E-state index contributed by atoms with van der Waals surface area (Å²) < 4.78 is 5.46. The summed E-state index contributed by atoms with van der Waals surface area (Å²) in [6.07, 6.45) is 0.906. The lowest BCUT2D eigenvalue weighted by atomic mass is 10.4. The van der Waals surface area contributed by atoms with E-state index < -0.39 is 5.97 Å². The number of hydrogen-bond acceptors (Lipinski definition) is 5. The summed E-state index contributed by atoms with van der Waals surface area (Å²) in [5, 5.41) is 13.6. The molecule has 0 bridgehead atoms. The van der Waals surface area contributed by atoms with Crippen LogP contribution >= 0.6 is 22.7 Å². The molecule has 0 amide bonds. The summed E-state index contributed by atoms with van der Waals surface area (Å²) in [6, 6.07) is 1.67. The van der Waals surface area contributed by atoms with Gasteiger partial charge in [-0.3, -0.25) is 0 Å². The maximum absolute atomic E-state index is 10.9. The number of carboxylic acids is 1. The molecule has 0 radical (unpaired) electrons. The summed E-state index contributed by atoms with van der Waals surface area (Å²) in [4.78, 5) is 15.4. The molecule has 4 nitrogen and oxygen atoms in total. The number of aromatic carboxylic acids is 1. The first-order chi connectivity index (χ1) is 8.20. The van der Waals surface area contributed by atoms with Crippen LogP contribution in [0.1, 0.15) is 27.3 Å². The number of aryl methyl sites for hydroxylation is 1. The molecule has 0 aromatic carbocycles. The number of ether oxygens (including phenoxy) is 1. The van der Waals surface area contributed by atoms with Crippen LogP contribution in [0.15, 0.2) is 16.8 Å². The van der Waals surface area contributed by atoms with Gasteiger partial charge in [-0.1, -0.05) is 6.92 Å². The summed E-state index contributed by atoms with van der Waals surface area (Å²) in [5.41, 5.74) is 0.842. The van der Waals surface area contributed by atoms with E-state index in [9.17, 15) is 4.79 Å². The lowest BCUT2D eigenvalue weighted by Crippen LogP contribution is -2.00. The topological polar surface area (TPSA) is 59.4 Å². The van der Waals surface area contributed by atoms with Crippen molar-refractivity contribution in [1.29, 1.82) is 0 Å². The van der Waals surface area contributed by atoms with Crippen molar-refractivity contribution in [2.75, 3.05) is 0 Å². The van der Waals surface area contributed by atoms with Crippen LogP contribution in [-0.2, 0) is 13.0 Å². The van der Waals surface area contributed by atoms with Gasteiger partial charge in [0.15, 0.2) is 4.88 Å². The van der Waals surface area contributed by atoms with Crippen LogP contribution < -0.4 is 4.74 Å². The van der Waals surface area contributed by atoms with Crippen LogP contribution in [0.2, 0.25) is 0 Å². The molecule has 0 saturated carbocycles. The SMILES string of the molecule is CCc1nc(COc2ccsc2C(=O)O)cs1. The second-order valence-electron chi connectivity index (χ2n) is 3.29. The van der Waals surface area contributed by atoms with Crippen molar-refractivity contribution in [3.63, 3.8) is 0 Å². The van der Waals surface area contributed by atoms with Gasteiger partial charge < -0.3 is 9.84 Å². The van der Waals surface area contributed by atoms with E-state index in [-0.39, 0.29) is 4.88 Å². The molecule has 0 aliphatic rings. The first kappa shape index (κ1) is 12.1. The van der Waals surface area contributed by atoms with Crippen LogP contribution in [-0.4, -0.2) is 16.1 Å². The average Bonchev–Trinajstić information content (AvgIpc) is 2.95. The van der Waals surface area contributed by atoms with E-state index in [4.69, 9.17) is 9.84 Å². The zero-order valence-electron chi connectivity index (χ0n) is 9.17. The molecule has 0 spiro atoms. The molecule has 0 unspecified atom stereocenters. The maximum Gasteiger partial charge on any atom is 0.349 e. The van der Waals surface area contributed by atoms with E-state index in [1.54, 1.807) is 22.8 Å². The Morgan fingerprint density at radius 2 is 2.35 bits per heavy atom. The molecule has 0 aliphatic carbocycles. The van der Waals surface area contributed by atoms with Crippen molar-refractivity contribution in [1.82, 2.24) is 4.98 Å². The second-order valence-corrected chi connectivity index (χ2v) is 5.15. The van der Waals surface area contributed by atoms with Crippen LogP contribution in [0.25, 0.3) is 0 Å². The number of hydrogen-bond donors (Lipinski definition) is 1. The van der Waals surface area contributed by atoms with Gasteiger partial charge >= 0.3 is 5.97 Å². The van der Waals surface area contributed by atoms with Gasteiger partial charge in [0.25, 0.3) is 0 Å². The van der Waals surface area contributed by atoms with Crippen LogP contribution in [0.3, 0.4) is 0 Å². The molecule has 2 rings (SSSR count). The van der Waals surface area contributed by atoms with E-state index in [0.717, 1.165) is 28.5 Å². The number of rotatable bonds is 5. The van der Waals surface area contributed by atoms with Gasteiger partial charge in [-0.2, -0.15) is 0 Å². The van der Waals surface area contributed by atoms with Crippen molar-refractivity contribution in [3.05, 3.63) is 32.4 Å². The monoisotopic (exact) mass is 269 g/mol. The lowest BCUT2D eigenvalue weighted by molar-refractivity contribution is 0.0697. The number of carboxylic acid groups (broad SMARTS) is 1. The Bertz CT molecular complexity index is 518. The van der Waals surface area contributed by atoms with Crippen molar-refractivity contribution in [3.8, 4) is 5.75 Å². The van der Waals surface area contributed by atoms with Crippen molar-refractivity contribution in [2.24, 2.45) is 0 Å². The molecular weight excluding hydrogens is 258 g/mol. The molecule has 0 aliphatic heterocycles. The second kappa shape index (κ2) is 5.29. The average molecular weight is 269 g/mol. The number of thiazole rings is 1. The fourth-order valence-electron chi connectivity index (χ4n) is 1.30. The molecule has 2 heterocycles. The van der Waals surface area contributed by atoms with Crippen LogP contribution in [0.5, 0.6) is 5.75 Å². The molecule has 17 heavy (non-hydrogen) atoms. The molecular formula is C11H11NO3S2. The molecule has 2 aromatic heterocycles. The standard InChI is InChI=1S/C11H11NO3S2/c1-2-9-12-7(6-17-9)5-15-8-3-4-16-10(8)11(13)14/h3-4,6H,2,5H2,1H3,(H,13,14). The number of aromatic nitrogens is 1. The highest BCUT2D eigenvalue weighted by Crippen LogP contribution is 2.25. The van der Waals surface area contributed by atoms with E-state index in [2.05, 4.69) is 4.98 Å². The molecule has 0 atom stereocenters. The minimum atomic E-state index is -0.956. The highest BCUT2D eigenvalue weighted by atomic mass is 32.1. The van der Waals surface area contributed by atoms with E-state index in [0.29, 0.717) is 12.4 Å². The zero-order chi connectivity index (χ0) is 12.3. The van der Waals surface area contributed by atoms with Gasteiger partial charge in [-0.25, -0.2) is 9.78 Å². The van der Waals surface area contributed by atoms with E-state index in [1.165, 1.54) is 0 Å². The molecule has 90 valence electrons. The third kappa shape index (κ3) is 2.83. The predicted octanol–water partition coefficient (Wildman–Crippen LogP) is 3.04. The fraction of sp³-hybridized carbons (Fsp3) is 0.273. The fourth-order valence-corrected chi connectivity index (χ4v) is 2.70. The number of carbonyl (C=O) groups is 1. The Kier molecular flexibility index (Phi) is 3.75. The summed E-state index contributed by atoms with van der Waals surface area (Å²) in [5.74, 6) is -0.545. The summed E-state index contributed by atoms with van der Waals surface area (Å²) in [7, 11) is 0. The Morgan fingerprint density at radius 1 is 1.53 bits per heavy atom. The smallest absolute Gasteiger partial charge is 0.349 e. The molecule has 0 saturated heterocycles. The highest BCUT2D eigenvalue weighted by Gasteiger charge is 2.13. The molecule has 0 fully saturated rings. The third-order valence-electron chi connectivity index (χ3n) is 2.10. The van der Waals surface area contributed by atoms with Crippen molar-refractivity contribution in [2.45, 2.75) is 20.0 Å².